The molecule has 7 heteroatoms. The van der Waals surface area contributed by atoms with Gasteiger partial charge in [0.25, 0.3) is 0 Å². The molecule has 0 amide bonds. The predicted octanol–water partition coefficient (Wildman–Crippen LogP) is 3.33. The lowest BCUT2D eigenvalue weighted by atomic mass is 9.88. The molecule has 1 aromatic rings. The minimum Gasteiger partial charge on any atom is -0.493 e. The number of para-hydroxylation sites is 1. The highest BCUT2D eigenvalue weighted by atomic mass is 127. The third-order valence-electron chi connectivity index (χ3n) is 6.35. The van der Waals surface area contributed by atoms with Crippen LogP contribution >= 0.6 is 24.0 Å². The molecule has 0 aromatic heterocycles. The van der Waals surface area contributed by atoms with Crippen molar-refractivity contribution in [3.8, 4) is 5.75 Å². The monoisotopic (exact) mass is 514 g/mol. The van der Waals surface area contributed by atoms with Gasteiger partial charge in [0.2, 0.25) is 0 Å². The summed E-state index contributed by atoms with van der Waals surface area (Å²) in [6, 6.07) is 8.56. The van der Waals surface area contributed by atoms with E-state index in [2.05, 4.69) is 40.7 Å². The minimum absolute atomic E-state index is 0. The molecule has 2 fully saturated rings. The van der Waals surface area contributed by atoms with Gasteiger partial charge in [-0.05, 0) is 51.8 Å². The van der Waals surface area contributed by atoms with E-state index >= 15 is 0 Å². The Morgan fingerprint density at radius 1 is 1.17 bits per heavy atom. The Bertz CT molecular complexity index is 673. The van der Waals surface area contributed by atoms with Crippen molar-refractivity contribution in [2.75, 3.05) is 46.0 Å². The maximum atomic E-state index is 5.81. The molecule has 3 heterocycles. The van der Waals surface area contributed by atoms with Gasteiger partial charge in [0.1, 0.15) is 5.75 Å². The van der Waals surface area contributed by atoms with Crippen LogP contribution in [0.3, 0.4) is 0 Å². The van der Waals surface area contributed by atoms with Crippen LogP contribution in [0.5, 0.6) is 5.75 Å². The normalized spacial score (nSPS) is 24.2. The molecule has 4 rings (SSSR count). The molecule has 1 aromatic carbocycles. The minimum atomic E-state index is 0. The van der Waals surface area contributed by atoms with Crippen LogP contribution in [-0.4, -0.2) is 62.4 Å². The van der Waals surface area contributed by atoms with Crippen LogP contribution in [0, 0.1) is 0 Å². The number of halogens is 1. The predicted molar refractivity (Wildman–Crippen MR) is 127 cm³/mol. The number of aliphatic imine (C=N–C) groups is 1. The van der Waals surface area contributed by atoms with Gasteiger partial charge in [-0.2, -0.15) is 0 Å². The zero-order chi connectivity index (χ0) is 19.2. The first-order valence-electron chi connectivity index (χ1n) is 10.9. The second kappa shape index (κ2) is 10.8. The van der Waals surface area contributed by atoms with E-state index < -0.39 is 0 Å². The number of nitrogens with one attached hydrogen (secondary N) is 2. The Morgan fingerprint density at radius 2 is 1.93 bits per heavy atom. The Balaban J connectivity index is 0.00000240. The summed E-state index contributed by atoms with van der Waals surface area (Å²) in [4.78, 5) is 7.75. The van der Waals surface area contributed by atoms with Gasteiger partial charge in [0, 0.05) is 37.3 Å². The summed E-state index contributed by atoms with van der Waals surface area (Å²) in [5.74, 6) is 1.90. The first-order valence-corrected chi connectivity index (χ1v) is 10.9. The molecule has 162 valence electrons. The number of likely N-dealkylation sites (tertiary alicyclic amines) is 1. The molecule has 2 saturated heterocycles. The van der Waals surface area contributed by atoms with Crippen LogP contribution in [0.15, 0.2) is 29.3 Å². The Labute approximate surface area is 191 Å². The first kappa shape index (κ1) is 22.6. The van der Waals surface area contributed by atoms with Crippen molar-refractivity contribution in [1.82, 2.24) is 15.5 Å². The van der Waals surface area contributed by atoms with E-state index in [0.29, 0.717) is 0 Å². The largest absolute Gasteiger partial charge is 0.493 e. The molecular weight excluding hydrogens is 479 g/mol. The molecule has 1 atom stereocenters. The van der Waals surface area contributed by atoms with Crippen molar-refractivity contribution < 1.29 is 9.47 Å². The van der Waals surface area contributed by atoms with Crippen molar-refractivity contribution in [1.29, 1.82) is 0 Å². The van der Waals surface area contributed by atoms with Gasteiger partial charge in [0.05, 0.1) is 19.2 Å². The van der Waals surface area contributed by atoms with E-state index in [-0.39, 0.29) is 35.6 Å². The van der Waals surface area contributed by atoms with Gasteiger partial charge >= 0.3 is 0 Å². The number of guanidine groups is 1. The lowest BCUT2D eigenvalue weighted by Gasteiger charge is -2.43. The highest BCUT2D eigenvalue weighted by Crippen LogP contribution is 2.33. The molecule has 2 N–H and O–H groups in total. The molecule has 29 heavy (non-hydrogen) atoms. The van der Waals surface area contributed by atoms with E-state index in [1.807, 2.05) is 6.07 Å². The van der Waals surface area contributed by atoms with E-state index in [1.54, 1.807) is 0 Å². The fourth-order valence-electron chi connectivity index (χ4n) is 4.72. The second-order valence-electron chi connectivity index (χ2n) is 8.10. The van der Waals surface area contributed by atoms with Crippen LogP contribution in [0.2, 0.25) is 0 Å². The maximum Gasteiger partial charge on any atom is 0.191 e. The molecule has 3 aliphatic rings. The number of nitrogens with zero attached hydrogens (tertiary/aromatic N) is 2. The smallest absolute Gasteiger partial charge is 0.191 e. The van der Waals surface area contributed by atoms with Gasteiger partial charge in [-0.15, -0.1) is 24.0 Å². The fraction of sp³-hybridized carbons (Fsp3) is 0.682. The average Bonchev–Trinajstić information content (AvgIpc) is 3.29. The van der Waals surface area contributed by atoms with E-state index in [4.69, 9.17) is 14.5 Å². The molecule has 0 spiro atoms. The fourth-order valence-corrected chi connectivity index (χ4v) is 4.72. The summed E-state index contributed by atoms with van der Waals surface area (Å²) < 4.78 is 11.5. The van der Waals surface area contributed by atoms with E-state index in [9.17, 15) is 0 Å². The van der Waals surface area contributed by atoms with Gasteiger partial charge in [0.15, 0.2) is 5.96 Å². The van der Waals surface area contributed by atoms with Crippen LogP contribution < -0.4 is 15.4 Å². The Kier molecular flexibility index (Phi) is 8.44. The zero-order valence-electron chi connectivity index (χ0n) is 17.5. The molecular formula is C22H35IN4O2. The van der Waals surface area contributed by atoms with Crippen molar-refractivity contribution in [2.45, 2.75) is 50.6 Å². The number of ether oxygens (including phenoxy) is 2. The molecule has 6 nitrogen and oxygen atoms in total. The summed E-state index contributed by atoms with van der Waals surface area (Å²) >= 11 is 0. The SMILES string of the molecule is CCNC(=NCC1(N2CCCC2)CCOCC1)NC1CCOc2ccccc21.I. The quantitative estimate of drug-likeness (QED) is 0.359. The average molecular weight is 514 g/mol. The summed E-state index contributed by atoms with van der Waals surface area (Å²) in [5, 5.41) is 7.13. The molecule has 3 aliphatic heterocycles. The zero-order valence-corrected chi connectivity index (χ0v) is 19.8. The number of hydrogen-bond acceptors (Lipinski definition) is 4. The highest BCUT2D eigenvalue weighted by Gasteiger charge is 2.39. The van der Waals surface area contributed by atoms with Crippen molar-refractivity contribution in [3.63, 3.8) is 0 Å². The molecule has 0 radical (unpaired) electrons. The van der Waals surface area contributed by atoms with Gasteiger partial charge in [-0.3, -0.25) is 9.89 Å². The van der Waals surface area contributed by atoms with Crippen molar-refractivity contribution >= 4 is 29.9 Å². The third-order valence-corrected chi connectivity index (χ3v) is 6.35. The molecule has 0 bridgehead atoms. The summed E-state index contributed by atoms with van der Waals surface area (Å²) in [5.41, 5.74) is 1.38. The van der Waals surface area contributed by atoms with Crippen LogP contribution in [-0.2, 0) is 4.74 Å². The maximum absolute atomic E-state index is 5.81. The summed E-state index contributed by atoms with van der Waals surface area (Å²) in [6.07, 6.45) is 5.73. The number of hydrogen-bond donors (Lipinski definition) is 2. The van der Waals surface area contributed by atoms with Crippen LogP contribution in [0.4, 0.5) is 0 Å². The van der Waals surface area contributed by atoms with Crippen LogP contribution in [0.1, 0.15) is 50.6 Å². The highest BCUT2D eigenvalue weighted by molar-refractivity contribution is 14.0. The summed E-state index contributed by atoms with van der Waals surface area (Å²) in [6.45, 7) is 8.66. The topological polar surface area (TPSA) is 58.1 Å². The van der Waals surface area contributed by atoms with Gasteiger partial charge < -0.3 is 20.1 Å². The second-order valence-corrected chi connectivity index (χ2v) is 8.10. The number of benzene rings is 1. The molecule has 0 aliphatic carbocycles. The summed E-state index contributed by atoms with van der Waals surface area (Å²) in [7, 11) is 0. The lowest BCUT2D eigenvalue weighted by Crippen LogP contribution is -2.54. The van der Waals surface area contributed by atoms with E-state index in [0.717, 1.165) is 63.9 Å². The van der Waals surface area contributed by atoms with Gasteiger partial charge in [-0.1, -0.05) is 18.2 Å². The Morgan fingerprint density at radius 3 is 2.69 bits per heavy atom. The van der Waals surface area contributed by atoms with E-state index in [1.165, 1.54) is 31.5 Å². The number of fused-ring (bicyclic) bond motifs is 1. The van der Waals surface area contributed by atoms with Crippen molar-refractivity contribution in [3.05, 3.63) is 29.8 Å². The van der Waals surface area contributed by atoms with Gasteiger partial charge in [-0.25, -0.2) is 0 Å². The third kappa shape index (κ3) is 5.35. The standard InChI is InChI=1S/C22H34N4O2.HI/c1-2-23-21(25-19-9-14-28-20-8-4-3-7-18(19)20)24-17-22(10-15-27-16-11-22)26-12-5-6-13-26;/h3-4,7-8,19H,2,5-6,9-17H2,1H3,(H2,23,24,25);1H. The van der Waals surface area contributed by atoms with Crippen LogP contribution in [0.25, 0.3) is 0 Å². The molecule has 1 unspecified atom stereocenters. The van der Waals surface area contributed by atoms with Crippen molar-refractivity contribution in [2.24, 2.45) is 4.99 Å². The number of rotatable bonds is 5. The first-order chi connectivity index (χ1) is 13.8. The molecule has 0 saturated carbocycles. The lowest BCUT2D eigenvalue weighted by molar-refractivity contribution is -0.0139. The Hall–Kier alpha value is -1.06.